The number of fused-ring (bicyclic) bond motifs is 1. The number of amides is 1. The van der Waals surface area contributed by atoms with Crippen LogP contribution in [0.5, 0.6) is 5.75 Å². The lowest BCUT2D eigenvalue weighted by atomic mass is 9.86. The van der Waals surface area contributed by atoms with Crippen molar-refractivity contribution in [2.45, 2.75) is 64.1 Å². The molecule has 0 spiro atoms. The summed E-state index contributed by atoms with van der Waals surface area (Å²) in [6.45, 7) is 5.29. The average molecular weight is 430 g/mol. The first kappa shape index (κ1) is 19.9. The fraction of sp³-hybridized carbons (Fsp3) is 0.565. The highest BCUT2D eigenvalue weighted by molar-refractivity contribution is 7.15. The maximum atomic E-state index is 14.7. The third-order valence-corrected chi connectivity index (χ3v) is 7.76. The molecule has 30 heavy (non-hydrogen) atoms. The molecule has 1 amide bonds. The molecule has 160 valence electrons. The molecule has 5 nitrogen and oxygen atoms in total. The van der Waals surface area contributed by atoms with E-state index in [1.54, 1.807) is 24.3 Å². The molecule has 7 heteroatoms. The van der Waals surface area contributed by atoms with Gasteiger partial charge in [-0.2, -0.15) is 0 Å². The Hall–Kier alpha value is -1.99. The van der Waals surface area contributed by atoms with E-state index in [4.69, 9.17) is 9.72 Å². The molecular weight excluding hydrogens is 401 g/mol. The number of benzene rings is 1. The molecule has 0 N–H and O–H groups in total. The molecule has 1 aromatic heterocycles. The molecule has 0 atom stereocenters. The van der Waals surface area contributed by atoms with E-state index in [1.807, 2.05) is 11.0 Å². The Bertz CT molecular complexity index is 935. The molecule has 0 unspecified atom stereocenters. The normalized spacial score (nSPS) is 24.3. The third kappa shape index (κ3) is 3.97. The predicted octanol–water partition coefficient (Wildman–Crippen LogP) is 4.25. The number of hydrogen-bond donors (Lipinski definition) is 0. The van der Waals surface area contributed by atoms with Gasteiger partial charge in [-0.1, -0.05) is 6.42 Å². The standard InChI is InChI=1S/C23H28FN3O2S/c1-15(28)27-10-7-20-22(14-27)30-23(25-20)16-5-6-21(19(24)11-16)29-18-12-17(13-18)26-8-3-2-4-9-26/h5-6,11,17-18H,2-4,7-10,12-14H2,1H3/t17-,18-. The van der Waals surface area contributed by atoms with Gasteiger partial charge in [-0.05, 0) is 44.1 Å². The number of aromatic nitrogens is 1. The van der Waals surface area contributed by atoms with Gasteiger partial charge in [0.15, 0.2) is 11.6 Å². The molecule has 1 saturated carbocycles. The number of thiazole rings is 1. The fourth-order valence-corrected chi connectivity index (χ4v) is 5.83. The number of piperidine rings is 1. The third-order valence-electron chi connectivity index (χ3n) is 6.63. The number of ether oxygens (including phenoxy) is 1. The topological polar surface area (TPSA) is 45.7 Å². The van der Waals surface area contributed by atoms with Crippen LogP contribution in [0.25, 0.3) is 10.6 Å². The van der Waals surface area contributed by atoms with Crippen LogP contribution in [0.3, 0.4) is 0 Å². The summed E-state index contributed by atoms with van der Waals surface area (Å²) in [5.41, 5.74) is 1.81. The molecular formula is C23H28FN3O2S. The second kappa shape index (κ2) is 8.27. The van der Waals surface area contributed by atoms with Crippen LogP contribution in [0, 0.1) is 5.82 Å². The van der Waals surface area contributed by atoms with Crippen molar-refractivity contribution >= 4 is 17.2 Å². The van der Waals surface area contributed by atoms with Gasteiger partial charge in [0.05, 0.1) is 12.2 Å². The summed E-state index contributed by atoms with van der Waals surface area (Å²) >= 11 is 1.55. The Morgan fingerprint density at radius 2 is 2.00 bits per heavy atom. The van der Waals surface area contributed by atoms with E-state index >= 15 is 0 Å². The highest BCUT2D eigenvalue weighted by Crippen LogP contribution is 2.36. The Labute approximate surface area is 180 Å². The summed E-state index contributed by atoms with van der Waals surface area (Å²) in [7, 11) is 0. The highest BCUT2D eigenvalue weighted by atomic mass is 32.1. The van der Waals surface area contributed by atoms with E-state index in [-0.39, 0.29) is 17.8 Å². The summed E-state index contributed by atoms with van der Waals surface area (Å²) in [6.07, 6.45) is 6.80. The summed E-state index contributed by atoms with van der Waals surface area (Å²) < 4.78 is 20.7. The molecule has 5 rings (SSSR count). The Morgan fingerprint density at radius 1 is 1.20 bits per heavy atom. The molecule has 3 heterocycles. The first-order chi connectivity index (χ1) is 14.6. The number of likely N-dealkylation sites (tertiary alicyclic amines) is 1. The van der Waals surface area contributed by atoms with Gasteiger partial charge in [0.25, 0.3) is 0 Å². The van der Waals surface area contributed by atoms with Crippen LogP contribution in [-0.2, 0) is 17.8 Å². The minimum Gasteiger partial charge on any atom is -0.487 e. The van der Waals surface area contributed by atoms with Crippen LogP contribution in [-0.4, -0.2) is 52.5 Å². The molecule has 1 saturated heterocycles. The Balaban J connectivity index is 1.22. The van der Waals surface area contributed by atoms with E-state index in [0.29, 0.717) is 24.9 Å². The van der Waals surface area contributed by atoms with E-state index in [1.165, 1.54) is 38.4 Å². The lowest BCUT2D eigenvalue weighted by Crippen LogP contribution is -2.50. The van der Waals surface area contributed by atoms with Crippen molar-refractivity contribution in [3.8, 4) is 16.3 Å². The van der Waals surface area contributed by atoms with Crippen LogP contribution in [0.1, 0.15) is 49.6 Å². The van der Waals surface area contributed by atoms with Crippen molar-refractivity contribution in [2.75, 3.05) is 19.6 Å². The molecule has 1 aromatic carbocycles. The fourth-order valence-electron chi connectivity index (χ4n) is 4.71. The monoisotopic (exact) mass is 429 g/mol. The number of hydrogen-bond acceptors (Lipinski definition) is 5. The van der Waals surface area contributed by atoms with E-state index in [9.17, 15) is 9.18 Å². The van der Waals surface area contributed by atoms with Crippen LogP contribution in [0.2, 0.25) is 0 Å². The summed E-state index contributed by atoms with van der Waals surface area (Å²) in [5.74, 6) is 0.0963. The van der Waals surface area contributed by atoms with Crippen molar-refractivity contribution in [1.29, 1.82) is 0 Å². The van der Waals surface area contributed by atoms with Gasteiger partial charge in [0.2, 0.25) is 5.91 Å². The molecule has 1 aliphatic carbocycles. The lowest BCUT2D eigenvalue weighted by Gasteiger charge is -2.44. The van der Waals surface area contributed by atoms with Crippen molar-refractivity contribution in [3.63, 3.8) is 0 Å². The molecule has 2 fully saturated rings. The van der Waals surface area contributed by atoms with E-state index < -0.39 is 0 Å². The molecule has 3 aliphatic rings. The number of carbonyl (C=O) groups excluding carboxylic acids is 1. The lowest BCUT2D eigenvalue weighted by molar-refractivity contribution is -0.129. The van der Waals surface area contributed by atoms with Gasteiger partial charge in [-0.15, -0.1) is 11.3 Å². The zero-order valence-electron chi connectivity index (χ0n) is 17.4. The zero-order valence-corrected chi connectivity index (χ0v) is 18.2. The Morgan fingerprint density at radius 3 is 2.73 bits per heavy atom. The highest BCUT2D eigenvalue weighted by Gasteiger charge is 2.36. The predicted molar refractivity (Wildman–Crippen MR) is 115 cm³/mol. The number of rotatable bonds is 4. The molecule has 0 bridgehead atoms. The Kier molecular flexibility index (Phi) is 5.50. The SMILES string of the molecule is CC(=O)N1CCc2nc(-c3ccc(O[C@H]4C[C@H](N5CCCCC5)C4)c(F)c3)sc2C1. The number of carbonyl (C=O) groups is 1. The van der Waals surface area contributed by atoms with Crippen LogP contribution >= 0.6 is 11.3 Å². The number of nitrogens with zero attached hydrogens (tertiary/aromatic N) is 3. The summed E-state index contributed by atoms with van der Waals surface area (Å²) in [5, 5.41) is 0.810. The van der Waals surface area contributed by atoms with Gasteiger partial charge in [0.1, 0.15) is 11.1 Å². The largest absolute Gasteiger partial charge is 0.487 e. The molecule has 0 radical (unpaired) electrons. The average Bonchev–Trinajstić information content (AvgIpc) is 3.15. The smallest absolute Gasteiger partial charge is 0.219 e. The van der Waals surface area contributed by atoms with Crippen molar-refractivity contribution in [1.82, 2.24) is 14.8 Å². The van der Waals surface area contributed by atoms with E-state index in [2.05, 4.69) is 4.90 Å². The minimum absolute atomic E-state index is 0.0849. The van der Waals surface area contributed by atoms with Crippen molar-refractivity contribution < 1.29 is 13.9 Å². The molecule has 2 aliphatic heterocycles. The van der Waals surface area contributed by atoms with Crippen LogP contribution in [0.4, 0.5) is 4.39 Å². The zero-order chi connectivity index (χ0) is 20.7. The van der Waals surface area contributed by atoms with Gasteiger partial charge >= 0.3 is 0 Å². The maximum Gasteiger partial charge on any atom is 0.219 e. The summed E-state index contributed by atoms with van der Waals surface area (Å²) in [4.78, 5) is 21.8. The first-order valence-electron chi connectivity index (χ1n) is 11.0. The summed E-state index contributed by atoms with van der Waals surface area (Å²) in [6, 6.07) is 5.77. The first-order valence-corrected chi connectivity index (χ1v) is 11.8. The molecule has 2 aromatic rings. The van der Waals surface area contributed by atoms with E-state index in [0.717, 1.165) is 40.4 Å². The van der Waals surface area contributed by atoms with Crippen LogP contribution in [0.15, 0.2) is 18.2 Å². The van der Waals surface area contributed by atoms with Crippen molar-refractivity contribution in [2.24, 2.45) is 0 Å². The quantitative estimate of drug-likeness (QED) is 0.729. The number of halogens is 1. The second-order valence-electron chi connectivity index (χ2n) is 8.69. The van der Waals surface area contributed by atoms with Gasteiger partial charge in [-0.3, -0.25) is 4.79 Å². The van der Waals surface area contributed by atoms with Gasteiger partial charge < -0.3 is 14.5 Å². The maximum absolute atomic E-state index is 14.7. The minimum atomic E-state index is -0.326. The van der Waals surface area contributed by atoms with Gasteiger partial charge in [-0.25, -0.2) is 9.37 Å². The second-order valence-corrected chi connectivity index (χ2v) is 9.77. The van der Waals surface area contributed by atoms with Gasteiger partial charge in [0, 0.05) is 49.2 Å². The van der Waals surface area contributed by atoms with Crippen molar-refractivity contribution in [3.05, 3.63) is 34.6 Å². The van der Waals surface area contributed by atoms with Crippen LogP contribution < -0.4 is 4.74 Å².